The average molecular weight is 308 g/mol. The molecular formula is C16H28N4S. The van der Waals surface area contributed by atoms with E-state index in [9.17, 15) is 0 Å². The highest BCUT2D eigenvalue weighted by molar-refractivity contribution is 7.11. The molecule has 3 rings (SSSR count). The van der Waals surface area contributed by atoms with E-state index in [4.69, 9.17) is 4.98 Å². The molecule has 21 heavy (non-hydrogen) atoms. The number of hydrogen-bond donors (Lipinski definition) is 1. The van der Waals surface area contributed by atoms with Crippen molar-refractivity contribution >= 4 is 11.3 Å². The van der Waals surface area contributed by atoms with Crippen LogP contribution in [-0.2, 0) is 6.54 Å². The standard InChI is InChI=1S/C16H28N4S/c1-11(2)17-9-14-15(12-5-6-12)18-16(21-14)13-10-19(3)7-8-20(13)4/h11-13,17H,5-10H2,1-4H3. The maximum Gasteiger partial charge on any atom is 0.112 e. The highest BCUT2D eigenvalue weighted by Gasteiger charge is 2.33. The molecule has 1 aliphatic carbocycles. The van der Waals surface area contributed by atoms with Crippen molar-refractivity contribution in [3.63, 3.8) is 0 Å². The number of hydrogen-bond acceptors (Lipinski definition) is 5. The van der Waals surface area contributed by atoms with Crippen molar-refractivity contribution in [2.45, 2.75) is 51.2 Å². The molecule has 5 heteroatoms. The van der Waals surface area contributed by atoms with Crippen LogP contribution in [0, 0.1) is 0 Å². The lowest BCUT2D eigenvalue weighted by Crippen LogP contribution is -2.44. The Morgan fingerprint density at radius 2 is 2.05 bits per heavy atom. The molecule has 118 valence electrons. The zero-order chi connectivity index (χ0) is 15.0. The van der Waals surface area contributed by atoms with E-state index in [2.05, 4.69) is 43.1 Å². The minimum atomic E-state index is 0.471. The molecule has 2 aliphatic rings. The first-order valence-corrected chi connectivity index (χ1v) is 8.98. The quantitative estimate of drug-likeness (QED) is 0.905. The lowest BCUT2D eigenvalue weighted by atomic mass is 10.2. The van der Waals surface area contributed by atoms with E-state index in [1.807, 2.05) is 11.3 Å². The van der Waals surface area contributed by atoms with E-state index in [0.717, 1.165) is 32.1 Å². The number of nitrogens with one attached hydrogen (secondary N) is 1. The van der Waals surface area contributed by atoms with Crippen LogP contribution in [0.1, 0.15) is 54.2 Å². The van der Waals surface area contributed by atoms with Gasteiger partial charge in [0.05, 0.1) is 11.7 Å². The smallest absolute Gasteiger partial charge is 0.112 e. The van der Waals surface area contributed by atoms with Crippen LogP contribution >= 0.6 is 11.3 Å². The summed E-state index contributed by atoms with van der Waals surface area (Å²) >= 11 is 1.94. The first-order valence-electron chi connectivity index (χ1n) is 8.16. The minimum Gasteiger partial charge on any atom is -0.310 e. The molecular weight excluding hydrogens is 280 g/mol. The van der Waals surface area contributed by atoms with Gasteiger partial charge in [0.15, 0.2) is 0 Å². The first-order chi connectivity index (χ1) is 10.0. The molecule has 1 unspecified atom stereocenters. The van der Waals surface area contributed by atoms with Gasteiger partial charge in [-0.05, 0) is 26.9 Å². The zero-order valence-corrected chi connectivity index (χ0v) is 14.5. The van der Waals surface area contributed by atoms with E-state index in [1.54, 1.807) is 0 Å². The van der Waals surface area contributed by atoms with Gasteiger partial charge >= 0.3 is 0 Å². The van der Waals surface area contributed by atoms with Gasteiger partial charge in [0, 0.05) is 43.0 Å². The number of nitrogens with zero attached hydrogens (tertiary/aromatic N) is 3. The van der Waals surface area contributed by atoms with Crippen molar-refractivity contribution < 1.29 is 0 Å². The van der Waals surface area contributed by atoms with Crippen molar-refractivity contribution in [1.29, 1.82) is 0 Å². The van der Waals surface area contributed by atoms with E-state index in [0.29, 0.717) is 12.1 Å². The van der Waals surface area contributed by atoms with Crippen molar-refractivity contribution in [2.75, 3.05) is 33.7 Å². The molecule has 4 nitrogen and oxygen atoms in total. The summed E-state index contributed by atoms with van der Waals surface area (Å²) < 4.78 is 0. The summed E-state index contributed by atoms with van der Waals surface area (Å²) in [6.07, 6.45) is 2.66. The Morgan fingerprint density at radius 1 is 1.29 bits per heavy atom. The van der Waals surface area contributed by atoms with Gasteiger partial charge < -0.3 is 10.2 Å². The highest BCUT2D eigenvalue weighted by Crippen LogP contribution is 2.44. The maximum atomic E-state index is 5.07. The number of aromatic nitrogens is 1. The van der Waals surface area contributed by atoms with Gasteiger partial charge in [-0.1, -0.05) is 13.8 Å². The number of thiazole rings is 1. The summed E-state index contributed by atoms with van der Waals surface area (Å²) in [5.74, 6) is 0.741. The predicted octanol–water partition coefficient (Wildman–Crippen LogP) is 2.44. The Balaban J connectivity index is 1.80. The molecule has 1 atom stereocenters. The number of rotatable bonds is 5. The molecule has 0 bridgehead atoms. The Morgan fingerprint density at radius 3 is 2.71 bits per heavy atom. The third-order valence-electron chi connectivity index (χ3n) is 4.52. The van der Waals surface area contributed by atoms with Gasteiger partial charge in [0.25, 0.3) is 0 Å². The molecule has 1 saturated carbocycles. The Hall–Kier alpha value is -0.490. The van der Waals surface area contributed by atoms with Crippen molar-refractivity contribution in [3.05, 3.63) is 15.6 Å². The Bertz CT molecular complexity index is 481. The van der Waals surface area contributed by atoms with E-state index in [-0.39, 0.29) is 0 Å². The third kappa shape index (κ3) is 3.65. The Kier molecular flexibility index (Phi) is 4.64. The van der Waals surface area contributed by atoms with Crippen molar-refractivity contribution in [1.82, 2.24) is 20.1 Å². The molecule has 2 fully saturated rings. The first kappa shape index (κ1) is 15.4. The van der Waals surface area contributed by atoms with Gasteiger partial charge in [0.2, 0.25) is 0 Å². The summed E-state index contributed by atoms with van der Waals surface area (Å²) in [6, 6.07) is 1.00. The van der Waals surface area contributed by atoms with Crippen LogP contribution < -0.4 is 5.32 Å². The Labute approximate surface area is 132 Å². The normalized spacial score (nSPS) is 24.9. The van der Waals surface area contributed by atoms with Gasteiger partial charge in [-0.2, -0.15) is 0 Å². The molecule has 1 saturated heterocycles. The third-order valence-corrected chi connectivity index (χ3v) is 5.69. The molecule has 1 aromatic rings. The second-order valence-corrected chi connectivity index (χ2v) is 8.04. The summed E-state index contributed by atoms with van der Waals surface area (Å²) in [5.41, 5.74) is 1.39. The molecule has 1 N–H and O–H groups in total. The van der Waals surface area contributed by atoms with Crippen LogP contribution in [0.5, 0.6) is 0 Å². The second kappa shape index (κ2) is 6.32. The second-order valence-electron chi connectivity index (χ2n) is 6.93. The zero-order valence-electron chi connectivity index (χ0n) is 13.7. The van der Waals surface area contributed by atoms with Gasteiger partial charge in [-0.15, -0.1) is 11.3 Å². The highest BCUT2D eigenvalue weighted by atomic mass is 32.1. The predicted molar refractivity (Wildman–Crippen MR) is 88.9 cm³/mol. The number of piperazine rings is 1. The molecule has 0 aromatic carbocycles. The summed E-state index contributed by atoms with van der Waals surface area (Å²) in [6.45, 7) is 8.80. The number of likely N-dealkylation sites (N-methyl/N-ethyl adjacent to an activating group) is 2. The topological polar surface area (TPSA) is 31.4 Å². The summed E-state index contributed by atoms with van der Waals surface area (Å²) in [7, 11) is 4.46. The molecule has 0 amide bonds. The van der Waals surface area contributed by atoms with E-state index in [1.165, 1.54) is 28.4 Å². The fourth-order valence-corrected chi connectivity index (χ4v) is 4.16. The van der Waals surface area contributed by atoms with Crippen LogP contribution in [0.3, 0.4) is 0 Å². The van der Waals surface area contributed by atoms with Crippen molar-refractivity contribution in [2.24, 2.45) is 0 Å². The average Bonchev–Trinajstić information content (AvgIpc) is 3.19. The molecule has 1 aliphatic heterocycles. The lowest BCUT2D eigenvalue weighted by molar-refractivity contribution is 0.115. The minimum absolute atomic E-state index is 0.471. The van der Waals surface area contributed by atoms with Gasteiger partial charge in [-0.25, -0.2) is 4.98 Å². The largest absolute Gasteiger partial charge is 0.310 e. The SMILES string of the molecule is CC(C)NCc1sc(C2CN(C)CCN2C)nc1C1CC1. The maximum absolute atomic E-state index is 5.07. The molecule has 0 spiro atoms. The lowest BCUT2D eigenvalue weighted by Gasteiger charge is -2.36. The van der Waals surface area contributed by atoms with Crippen LogP contribution in [0.25, 0.3) is 0 Å². The summed E-state index contributed by atoms with van der Waals surface area (Å²) in [4.78, 5) is 11.4. The van der Waals surface area contributed by atoms with Crippen LogP contribution in [0.2, 0.25) is 0 Å². The van der Waals surface area contributed by atoms with Crippen LogP contribution in [-0.4, -0.2) is 54.6 Å². The van der Waals surface area contributed by atoms with E-state index < -0.39 is 0 Å². The van der Waals surface area contributed by atoms with E-state index >= 15 is 0 Å². The van der Waals surface area contributed by atoms with Gasteiger partial charge in [-0.3, -0.25) is 4.90 Å². The van der Waals surface area contributed by atoms with Crippen LogP contribution in [0.4, 0.5) is 0 Å². The summed E-state index contributed by atoms with van der Waals surface area (Å²) in [5, 5.41) is 4.89. The molecule has 0 radical (unpaired) electrons. The fourth-order valence-electron chi connectivity index (χ4n) is 2.90. The van der Waals surface area contributed by atoms with Gasteiger partial charge in [0.1, 0.15) is 5.01 Å². The fraction of sp³-hybridized carbons (Fsp3) is 0.812. The van der Waals surface area contributed by atoms with Crippen LogP contribution in [0.15, 0.2) is 0 Å². The molecule has 2 heterocycles. The van der Waals surface area contributed by atoms with Crippen molar-refractivity contribution in [3.8, 4) is 0 Å². The monoisotopic (exact) mass is 308 g/mol. The molecule has 1 aromatic heterocycles.